The Kier molecular flexibility index (Phi) is 5.98. The molecule has 2 aromatic carbocycles. The minimum absolute atomic E-state index is 0.159. The van der Waals surface area contributed by atoms with E-state index in [4.69, 9.17) is 4.74 Å². The first-order valence-electron chi connectivity index (χ1n) is 8.71. The molecule has 1 amide bonds. The van der Waals surface area contributed by atoms with Gasteiger partial charge in [0, 0.05) is 32.8 Å². The van der Waals surface area contributed by atoms with E-state index in [1.807, 2.05) is 30.3 Å². The standard InChI is InChI=1S/C21H22FN3O2/c1-24-20(16-8-4-3-5-9-16)14-19(23-24)21(26)25(12-13-27-2)15-17-10-6-7-11-18(17)22/h3-11,14H,12-13,15H2,1-2H3. The first-order valence-corrected chi connectivity index (χ1v) is 8.71. The third-order valence-corrected chi connectivity index (χ3v) is 4.34. The van der Waals surface area contributed by atoms with Gasteiger partial charge in [-0.1, -0.05) is 48.5 Å². The predicted molar refractivity (Wildman–Crippen MR) is 102 cm³/mol. The number of carbonyl (C=O) groups is 1. The zero-order valence-corrected chi connectivity index (χ0v) is 15.4. The van der Waals surface area contributed by atoms with Gasteiger partial charge in [-0.2, -0.15) is 5.10 Å². The van der Waals surface area contributed by atoms with Crippen LogP contribution in [-0.4, -0.2) is 40.8 Å². The normalized spacial score (nSPS) is 10.8. The van der Waals surface area contributed by atoms with Crippen LogP contribution in [0.2, 0.25) is 0 Å². The highest BCUT2D eigenvalue weighted by molar-refractivity contribution is 5.93. The lowest BCUT2D eigenvalue weighted by Crippen LogP contribution is -2.34. The van der Waals surface area contributed by atoms with Crippen LogP contribution in [0.25, 0.3) is 11.3 Å². The monoisotopic (exact) mass is 367 g/mol. The molecule has 3 aromatic rings. The Labute approximate surface area is 158 Å². The fraction of sp³-hybridized carbons (Fsp3) is 0.238. The Balaban J connectivity index is 1.87. The van der Waals surface area contributed by atoms with Crippen molar-refractivity contribution < 1.29 is 13.9 Å². The second-order valence-electron chi connectivity index (χ2n) is 6.22. The Morgan fingerprint density at radius 1 is 1.15 bits per heavy atom. The van der Waals surface area contributed by atoms with Crippen LogP contribution in [0.15, 0.2) is 60.7 Å². The van der Waals surface area contributed by atoms with Gasteiger partial charge in [0.05, 0.1) is 12.3 Å². The molecular weight excluding hydrogens is 345 g/mol. The molecular formula is C21H22FN3O2. The van der Waals surface area contributed by atoms with E-state index in [0.29, 0.717) is 24.4 Å². The molecule has 1 aromatic heterocycles. The maximum absolute atomic E-state index is 14.0. The smallest absolute Gasteiger partial charge is 0.274 e. The Morgan fingerprint density at radius 2 is 1.85 bits per heavy atom. The van der Waals surface area contributed by atoms with Gasteiger partial charge in [-0.05, 0) is 17.7 Å². The van der Waals surface area contributed by atoms with Crippen LogP contribution >= 0.6 is 0 Å². The molecule has 0 spiro atoms. The average molecular weight is 367 g/mol. The highest BCUT2D eigenvalue weighted by Crippen LogP contribution is 2.21. The van der Waals surface area contributed by atoms with Crippen LogP contribution < -0.4 is 0 Å². The van der Waals surface area contributed by atoms with E-state index in [1.54, 1.807) is 48.0 Å². The summed E-state index contributed by atoms with van der Waals surface area (Å²) in [7, 11) is 3.37. The molecule has 5 nitrogen and oxygen atoms in total. The van der Waals surface area contributed by atoms with E-state index in [9.17, 15) is 9.18 Å². The molecule has 0 bridgehead atoms. The summed E-state index contributed by atoms with van der Waals surface area (Å²) in [5.74, 6) is -0.591. The van der Waals surface area contributed by atoms with Crippen LogP contribution in [0.1, 0.15) is 16.1 Å². The van der Waals surface area contributed by atoms with Crippen molar-refractivity contribution in [1.29, 1.82) is 0 Å². The quantitative estimate of drug-likeness (QED) is 0.642. The van der Waals surface area contributed by atoms with E-state index in [0.717, 1.165) is 11.3 Å². The van der Waals surface area contributed by atoms with Crippen LogP contribution in [0.3, 0.4) is 0 Å². The summed E-state index contributed by atoms with van der Waals surface area (Å²) in [6, 6.07) is 18.0. The summed E-state index contributed by atoms with van der Waals surface area (Å²) in [5.41, 5.74) is 2.60. The zero-order chi connectivity index (χ0) is 19.2. The van der Waals surface area contributed by atoms with Gasteiger partial charge in [0.1, 0.15) is 5.82 Å². The molecule has 1 heterocycles. The van der Waals surface area contributed by atoms with Gasteiger partial charge in [-0.25, -0.2) is 4.39 Å². The lowest BCUT2D eigenvalue weighted by Gasteiger charge is -2.21. The number of amides is 1. The SMILES string of the molecule is COCCN(Cc1ccccc1F)C(=O)c1cc(-c2ccccc2)n(C)n1. The van der Waals surface area contributed by atoms with Crippen molar-refractivity contribution in [3.05, 3.63) is 77.7 Å². The number of benzene rings is 2. The number of hydrogen-bond donors (Lipinski definition) is 0. The fourth-order valence-electron chi connectivity index (χ4n) is 2.90. The maximum atomic E-state index is 14.0. The molecule has 0 aliphatic heterocycles. The number of aryl methyl sites for hydroxylation is 1. The minimum Gasteiger partial charge on any atom is -0.383 e. The topological polar surface area (TPSA) is 47.4 Å². The highest BCUT2D eigenvalue weighted by atomic mass is 19.1. The zero-order valence-electron chi connectivity index (χ0n) is 15.4. The average Bonchev–Trinajstić information content (AvgIpc) is 3.08. The second kappa shape index (κ2) is 8.60. The first kappa shape index (κ1) is 18.8. The van der Waals surface area contributed by atoms with Crippen molar-refractivity contribution in [2.45, 2.75) is 6.54 Å². The molecule has 0 unspecified atom stereocenters. The lowest BCUT2D eigenvalue weighted by atomic mass is 10.1. The van der Waals surface area contributed by atoms with Gasteiger partial charge in [-0.15, -0.1) is 0 Å². The van der Waals surface area contributed by atoms with Crippen molar-refractivity contribution in [3.63, 3.8) is 0 Å². The van der Waals surface area contributed by atoms with Gasteiger partial charge >= 0.3 is 0 Å². The number of aromatic nitrogens is 2. The van der Waals surface area contributed by atoms with Crippen molar-refractivity contribution in [2.75, 3.05) is 20.3 Å². The predicted octanol–water partition coefficient (Wildman–Crippen LogP) is 3.52. The van der Waals surface area contributed by atoms with E-state index in [2.05, 4.69) is 5.10 Å². The molecule has 0 fully saturated rings. The molecule has 0 saturated heterocycles. The lowest BCUT2D eigenvalue weighted by molar-refractivity contribution is 0.0672. The van der Waals surface area contributed by atoms with Crippen LogP contribution in [0.4, 0.5) is 4.39 Å². The molecule has 140 valence electrons. The molecule has 6 heteroatoms. The third kappa shape index (κ3) is 4.41. The summed E-state index contributed by atoms with van der Waals surface area (Å²) in [4.78, 5) is 14.6. The van der Waals surface area contributed by atoms with Gasteiger partial charge in [0.15, 0.2) is 5.69 Å². The Bertz CT molecular complexity index is 909. The van der Waals surface area contributed by atoms with Crippen LogP contribution in [-0.2, 0) is 18.3 Å². The summed E-state index contributed by atoms with van der Waals surface area (Å²) < 4.78 is 20.8. The number of carbonyl (C=O) groups excluding carboxylic acids is 1. The van der Waals surface area contributed by atoms with Crippen LogP contribution in [0, 0.1) is 5.82 Å². The first-order chi connectivity index (χ1) is 13.1. The van der Waals surface area contributed by atoms with E-state index >= 15 is 0 Å². The van der Waals surface area contributed by atoms with Gasteiger partial charge in [0.25, 0.3) is 5.91 Å². The molecule has 0 radical (unpaired) electrons. The third-order valence-electron chi connectivity index (χ3n) is 4.34. The molecule has 0 aliphatic carbocycles. The van der Waals surface area contributed by atoms with Crippen molar-refractivity contribution in [2.24, 2.45) is 7.05 Å². The fourth-order valence-corrected chi connectivity index (χ4v) is 2.90. The van der Waals surface area contributed by atoms with Gasteiger partial charge in [0.2, 0.25) is 0 Å². The van der Waals surface area contributed by atoms with E-state index in [-0.39, 0.29) is 18.3 Å². The number of rotatable bonds is 7. The largest absolute Gasteiger partial charge is 0.383 e. The summed E-state index contributed by atoms with van der Waals surface area (Å²) >= 11 is 0. The minimum atomic E-state index is -0.335. The van der Waals surface area contributed by atoms with E-state index in [1.165, 1.54) is 6.07 Å². The second-order valence-corrected chi connectivity index (χ2v) is 6.22. The van der Waals surface area contributed by atoms with E-state index < -0.39 is 0 Å². The molecule has 0 N–H and O–H groups in total. The summed E-state index contributed by atoms with van der Waals surface area (Å²) in [6.07, 6.45) is 0. The van der Waals surface area contributed by atoms with Gasteiger partial charge in [-0.3, -0.25) is 9.48 Å². The van der Waals surface area contributed by atoms with Gasteiger partial charge < -0.3 is 9.64 Å². The number of ether oxygens (including phenoxy) is 1. The highest BCUT2D eigenvalue weighted by Gasteiger charge is 2.21. The van der Waals surface area contributed by atoms with Crippen LogP contribution in [0.5, 0.6) is 0 Å². The summed E-state index contributed by atoms with van der Waals surface area (Å²) in [6.45, 7) is 0.867. The Morgan fingerprint density at radius 3 is 2.56 bits per heavy atom. The number of halogens is 1. The van der Waals surface area contributed by atoms with Crippen molar-refractivity contribution >= 4 is 5.91 Å². The van der Waals surface area contributed by atoms with Crippen molar-refractivity contribution in [3.8, 4) is 11.3 Å². The number of nitrogens with zero attached hydrogens (tertiary/aromatic N) is 3. The summed E-state index contributed by atoms with van der Waals surface area (Å²) in [5, 5.41) is 4.37. The van der Waals surface area contributed by atoms with Crippen molar-refractivity contribution in [1.82, 2.24) is 14.7 Å². The number of hydrogen-bond acceptors (Lipinski definition) is 3. The molecule has 0 atom stereocenters. The number of methoxy groups -OCH3 is 1. The molecule has 0 saturated carbocycles. The maximum Gasteiger partial charge on any atom is 0.274 e. The Hall–Kier alpha value is -2.99. The molecule has 0 aliphatic rings. The molecule has 27 heavy (non-hydrogen) atoms. The molecule has 3 rings (SSSR count).